The molecular formula is C12H20. The molecule has 68 valence electrons. The predicted molar refractivity (Wildman–Crippen MR) is 50.9 cm³/mol. The van der Waals surface area contributed by atoms with E-state index in [1.165, 1.54) is 6.42 Å². The van der Waals surface area contributed by atoms with Crippen molar-refractivity contribution >= 4 is 0 Å². The van der Waals surface area contributed by atoms with E-state index in [1.807, 2.05) is 0 Å². The van der Waals surface area contributed by atoms with Gasteiger partial charge in [0.15, 0.2) is 0 Å². The van der Waals surface area contributed by atoms with E-state index in [0.29, 0.717) is 5.41 Å². The van der Waals surface area contributed by atoms with Crippen LogP contribution in [-0.4, -0.2) is 0 Å². The SMILES string of the molecule is CC1(C)CCC2CC3CCC21C3. The second-order valence-corrected chi connectivity index (χ2v) is 6.12. The van der Waals surface area contributed by atoms with Crippen LogP contribution in [0.3, 0.4) is 0 Å². The standard InChI is InChI=1S/C12H20/c1-11(2)5-4-10-7-9-3-6-12(10,11)8-9/h9-10H,3-8H2,1-2H3. The minimum atomic E-state index is 0.683. The van der Waals surface area contributed by atoms with Crippen LogP contribution in [0.5, 0.6) is 0 Å². The fraction of sp³-hybridized carbons (Fsp3) is 1.00. The van der Waals surface area contributed by atoms with Crippen molar-refractivity contribution in [3.63, 3.8) is 0 Å². The maximum Gasteiger partial charge on any atom is -0.0215 e. The monoisotopic (exact) mass is 164 g/mol. The molecule has 3 aliphatic rings. The maximum absolute atomic E-state index is 2.53. The Kier molecular flexibility index (Phi) is 1.18. The summed E-state index contributed by atoms with van der Waals surface area (Å²) in [6.45, 7) is 5.06. The van der Waals surface area contributed by atoms with Crippen LogP contribution in [0.15, 0.2) is 0 Å². The molecule has 0 aliphatic heterocycles. The quantitative estimate of drug-likeness (QED) is 0.513. The largest absolute Gasteiger partial charge is 0.0594 e. The predicted octanol–water partition coefficient (Wildman–Crippen LogP) is 3.61. The van der Waals surface area contributed by atoms with Crippen LogP contribution in [0.2, 0.25) is 0 Å². The highest BCUT2D eigenvalue weighted by Gasteiger charge is 2.61. The molecule has 0 saturated heterocycles. The molecule has 0 radical (unpaired) electrons. The molecule has 3 atom stereocenters. The summed E-state index contributed by atoms with van der Waals surface area (Å²) in [6, 6.07) is 0. The molecule has 1 spiro atoms. The highest BCUT2D eigenvalue weighted by molar-refractivity contribution is 5.11. The molecule has 0 nitrogen and oxygen atoms in total. The zero-order valence-electron chi connectivity index (χ0n) is 8.40. The first-order valence-corrected chi connectivity index (χ1v) is 5.64. The summed E-state index contributed by atoms with van der Waals surface area (Å²) in [5.41, 5.74) is 1.50. The van der Waals surface area contributed by atoms with Crippen LogP contribution in [0.1, 0.15) is 52.4 Å². The van der Waals surface area contributed by atoms with E-state index in [9.17, 15) is 0 Å². The van der Waals surface area contributed by atoms with Crippen molar-refractivity contribution in [2.45, 2.75) is 52.4 Å². The van der Waals surface area contributed by atoms with Gasteiger partial charge in [0.2, 0.25) is 0 Å². The van der Waals surface area contributed by atoms with Crippen molar-refractivity contribution < 1.29 is 0 Å². The molecule has 0 aromatic carbocycles. The third-order valence-electron chi connectivity index (χ3n) is 5.52. The summed E-state index contributed by atoms with van der Waals surface area (Å²) in [5.74, 6) is 2.26. The minimum absolute atomic E-state index is 0.683. The van der Waals surface area contributed by atoms with Crippen LogP contribution in [0.25, 0.3) is 0 Å². The topological polar surface area (TPSA) is 0 Å². The average molecular weight is 164 g/mol. The van der Waals surface area contributed by atoms with E-state index in [4.69, 9.17) is 0 Å². The summed E-state index contributed by atoms with van der Waals surface area (Å²) in [7, 11) is 0. The van der Waals surface area contributed by atoms with Crippen LogP contribution in [-0.2, 0) is 0 Å². The van der Waals surface area contributed by atoms with Gasteiger partial charge in [0.1, 0.15) is 0 Å². The highest BCUT2D eigenvalue weighted by Crippen LogP contribution is 2.71. The third-order valence-corrected chi connectivity index (χ3v) is 5.52. The molecule has 0 aromatic rings. The highest BCUT2D eigenvalue weighted by atomic mass is 14.7. The Hall–Kier alpha value is 0. The summed E-state index contributed by atoms with van der Waals surface area (Å²) >= 11 is 0. The van der Waals surface area contributed by atoms with Crippen LogP contribution in [0.4, 0.5) is 0 Å². The number of hydrogen-bond acceptors (Lipinski definition) is 0. The Morgan fingerprint density at radius 1 is 1.08 bits per heavy atom. The lowest BCUT2D eigenvalue weighted by Crippen LogP contribution is -2.33. The van der Waals surface area contributed by atoms with Crippen molar-refractivity contribution in [2.75, 3.05) is 0 Å². The van der Waals surface area contributed by atoms with Gasteiger partial charge in [-0.05, 0) is 61.2 Å². The summed E-state index contributed by atoms with van der Waals surface area (Å²) < 4.78 is 0. The first-order valence-electron chi connectivity index (χ1n) is 5.64. The lowest BCUT2D eigenvalue weighted by molar-refractivity contribution is 0.0861. The Balaban J connectivity index is 2.05. The molecule has 3 fully saturated rings. The second-order valence-electron chi connectivity index (χ2n) is 6.12. The van der Waals surface area contributed by atoms with Crippen LogP contribution < -0.4 is 0 Å². The van der Waals surface area contributed by atoms with Gasteiger partial charge in [0.05, 0.1) is 0 Å². The second kappa shape index (κ2) is 1.91. The molecule has 0 heterocycles. The fourth-order valence-corrected chi connectivity index (χ4v) is 4.73. The van der Waals surface area contributed by atoms with Gasteiger partial charge in [-0.3, -0.25) is 0 Å². The van der Waals surface area contributed by atoms with Gasteiger partial charge in [-0.25, -0.2) is 0 Å². The molecule has 0 amide bonds. The molecular weight excluding hydrogens is 144 g/mol. The molecule has 0 aromatic heterocycles. The summed E-state index contributed by atoms with van der Waals surface area (Å²) in [4.78, 5) is 0. The lowest BCUT2D eigenvalue weighted by atomic mass is 9.64. The Labute approximate surface area is 75.7 Å². The molecule has 3 saturated carbocycles. The van der Waals surface area contributed by atoms with E-state index in [-0.39, 0.29) is 0 Å². The summed E-state index contributed by atoms with van der Waals surface area (Å²) in [5, 5.41) is 0. The van der Waals surface area contributed by atoms with Gasteiger partial charge in [-0.15, -0.1) is 0 Å². The van der Waals surface area contributed by atoms with Gasteiger partial charge in [0, 0.05) is 0 Å². The zero-order valence-corrected chi connectivity index (χ0v) is 8.40. The Morgan fingerprint density at radius 2 is 1.92 bits per heavy atom. The third kappa shape index (κ3) is 0.625. The number of rotatable bonds is 0. The van der Waals surface area contributed by atoms with Crippen LogP contribution in [0, 0.1) is 22.7 Å². The normalized spacial score (nSPS) is 54.5. The van der Waals surface area contributed by atoms with Crippen LogP contribution >= 0.6 is 0 Å². The lowest BCUT2D eigenvalue weighted by Gasteiger charge is -2.40. The number of fused-ring (bicyclic) bond motifs is 1. The van der Waals surface area contributed by atoms with Gasteiger partial charge < -0.3 is 0 Å². The van der Waals surface area contributed by atoms with E-state index in [0.717, 1.165) is 17.3 Å². The van der Waals surface area contributed by atoms with Gasteiger partial charge in [-0.2, -0.15) is 0 Å². The van der Waals surface area contributed by atoms with E-state index in [2.05, 4.69) is 13.8 Å². The first-order chi connectivity index (χ1) is 5.64. The molecule has 0 heteroatoms. The average Bonchev–Trinajstić information content (AvgIpc) is 2.62. The van der Waals surface area contributed by atoms with E-state index >= 15 is 0 Å². The number of hydrogen-bond donors (Lipinski definition) is 0. The fourth-order valence-electron chi connectivity index (χ4n) is 4.73. The van der Waals surface area contributed by atoms with Crippen molar-refractivity contribution in [3.05, 3.63) is 0 Å². The van der Waals surface area contributed by atoms with E-state index in [1.54, 1.807) is 32.1 Å². The van der Waals surface area contributed by atoms with Crippen molar-refractivity contribution in [3.8, 4) is 0 Å². The minimum Gasteiger partial charge on any atom is -0.0594 e. The Morgan fingerprint density at radius 3 is 2.58 bits per heavy atom. The first kappa shape index (κ1) is 7.41. The molecule has 3 unspecified atom stereocenters. The smallest absolute Gasteiger partial charge is 0.0215 e. The maximum atomic E-state index is 2.53. The van der Waals surface area contributed by atoms with Gasteiger partial charge in [-0.1, -0.05) is 13.8 Å². The molecule has 12 heavy (non-hydrogen) atoms. The van der Waals surface area contributed by atoms with Crippen molar-refractivity contribution in [1.82, 2.24) is 0 Å². The molecule has 2 bridgehead atoms. The summed E-state index contributed by atoms with van der Waals surface area (Å²) in [6.07, 6.45) is 9.34. The van der Waals surface area contributed by atoms with Gasteiger partial charge >= 0.3 is 0 Å². The van der Waals surface area contributed by atoms with E-state index < -0.39 is 0 Å². The molecule has 3 rings (SSSR count). The van der Waals surface area contributed by atoms with Gasteiger partial charge in [0.25, 0.3) is 0 Å². The zero-order chi connectivity index (χ0) is 8.40. The van der Waals surface area contributed by atoms with Crippen molar-refractivity contribution in [1.29, 1.82) is 0 Å². The molecule has 3 aliphatic carbocycles. The molecule has 0 N–H and O–H groups in total. The van der Waals surface area contributed by atoms with Crippen molar-refractivity contribution in [2.24, 2.45) is 22.7 Å². The Bertz CT molecular complexity index is 216.